The predicted molar refractivity (Wildman–Crippen MR) is 73.3 cm³/mol. The Morgan fingerprint density at radius 1 is 1.24 bits per heavy atom. The zero-order chi connectivity index (χ0) is 12.7. The highest BCUT2D eigenvalue weighted by molar-refractivity contribution is 5.30. The van der Waals surface area contributed by atoms with Gasteiger partial charge < -0.3 is 10.5 Å². The fourth-order valence-electron chi connectivity index (χ4n) is 1.87. The number of unbranched alkanes of at least 4 members (excludes halogenated alkanes) is 2. The Balaban J connectivity index is 2.57. The summed E-state index contributed by atoms with van der Waals surface area (Å²) < 4.78 is 5.68. The van der Waals surface area contributed by atoms with Gasteiger partial charge in [-0.25, -0.2) is 0 Å². The maximum atomic E-state index is 6.18. The van der Waals surface area contributed by atoms with E-state index in [1.165, 1.54) is 24.8 Å². The predicted octanol–water partition coefficient (Wildman–Crippen LogP) is 4.05. The molecule has 0 aromatic heterocycles. The number of ether oxygens (including phenoxy) is 1. The van der Waals surface area contributed by atoms with Crippen LogP contribution in [0, 0.1) is 0 Å². The summed E-state index contributed by atoms with van der Waals surface area (Å²) in [5, 5.41) is 0. The molecule has 0 saturated carbocycles. The smallest absolute Gasteiger partial charge is 0.120 e. The summed E-state index contributed by atoms with van der Waals surface area (Å²) in [7, 11) is 0. The SMILES string of the molecule is CCCCCC(N)c1cccc(OC(C)C)c1. The second-order valence-corrected chi connectivity index (χ2v) is 4.84. The lowest BCUT2D eigenvalue weighted by Crippen LogP contribution is -2.11. The van der Waals surface area contributed by atoms with E-state index in [2.05, 4.69) is 19.1 Å². The first kappa shape index (κ1) is 14.0. The zero-order valence-corrected chi connectivity index (χ0v) is 11.3. The molecule has 1 unspecified atom stereocenters. The first-order valence-corrected chi connectivity index (χ1v) is 6.65. The van der Waals surface area contributed by atoms with Crippen molar-refractivity contribution >= 4 is 0 Å². The monoisotopic (exact) mass is 235 g/mol. The summed E-state index contributed by atoms with van der Waals surface area (Å²) in [5.41, 5.74) is 7.36. The van der Waals surface area contributed by atoms with E-state index in [0.717, 1.165) is 12.2 Å². The average Bonchev–Trinajstić information content (AvgIpc) is 2.28. The van der Waals surface area contributed by atoms with Crippen LogP contribution in [0.1, 0.15) is 58.1 Å². The molecule has 0 aliphatic rings. The van der Waals surface area contributed by atoms with Gasteiger partial charge in [0.25, 0.3) is 0 Å². The Labute approximate surface area is 105 Å². The molecule has 1 rings (SSSR count). The summed E-state index contributed by atoms with van der Waals surface area (Å²) in [6, 6.07) is 8.30. The van der Waals surface area contributed by atoms with Gasteiger partial charge in [0, 0.05) is 6.04 Å². The number of nitrogens with two attached hydrogens (primary N) is 1. The topological polar surface area (TPSA) is 35.2 Å². The summed E-state index contributed by atoms with van der Waals surface area (Å²) in [5.74, 6) is 0.920. The Hall–Kier alpha value is -1.02. The molecular weight excluding hydrogens is 210 g/mol. The van der Waals surface area contributed by atoms with E-state index >= 15 is 0 Å². The van der Waals surface area contributed by atoms with Gasteiger partial charge in [0.2, 0.25) is 0 Å². The van der Waals surface area contributed by atoms with Gasteiger partial charge in [0.1, 0.15) is 5.75 Å². The molecule has 17 heavy (non-hydrogen) atoms. The van der Waals surface area contributed by atoms with Crippen LogP contribution in [0.15, 0.2) is 24.3 Å². The maximum Gasteiger partial charge on any atom is 0.120 e. The van der Waals surface area contributed by atoms with Gasteiger partial charge in [0.15, 0.2) is 0 Å². The van der Waals surface area contributed by atoms with E-state index in [4.69, 9.17) is 10.5 Å². The van der Waals surface area contributed by atoms with Crippen molar-refractivity contribution < 1.29 is 4.74 Å². The van der Waals surface area contributed by atoms with Crippen molar-refractivity contribution in [3.05, 3.63) is 29.8 Å². The molecule has 0 bridgehead atoms. The molecule has 2 nitrogen and oxygen atoms in total. The second-order valence-electron chi connectivity index (χ2n) is 4.84. The van der Waals surface area contributed by atoms with Crippen LogP contribution in [0.2, 0.25) is 0 Å². The third kappa shape index (κ3) is 5.22. The normalized spacial score (nSPS) is 12.8. The molecule has 0 amide bonds. The number of hydrogen-bond acceptors (Lipinski definition) is 2. The number of rotatable bonds is 7. The summed E-state index contributed by atoms with van der Waals surface area (Å²) in [6.07, 6.45) is 4.96. The highest BCUT2D eigenvalue weighted by atomic mass is 16.5. The van der Waals surface area contributed by atoms with Gasteiger partial charge in [-0.1, -0.05) is 38.3 Å². The molecule has 1 aromatic carbocycles. The molecule has 2 heteroatoms. The number of hydrogen-bond donors (Lipinski definition) is 1. The Kier molecular flexibility index (Phi) is 6.06. The standard InChI is InChI=1S/C15H25NO/c1-4-5-6-10-15(16)13-8-7-9-14(11-13)17-12(2)3/h7-9,11-12,15H,4-6,10,16H2,1-3H3. The van der Waals surface area contributed by atoms with Crippen molar-refractivity contribution in [2.45, 2.75) is 58.6 Å². The molecule has 2 N–H and O–H groups in total. The Morgan fingerprint density at radius 2 is 2.00 bits per heavy atom. The van der Waals surface area contributed by atoms with E-state index in [0.29, 0.717) is 0 Å². The molecule has 0 radical (unpaired) electrons. The van der Waals surface area contributed by atoms with Crippen LogP contribution < -0.4 is 10.5 Å². The Morgan fingerprint density at radius 3 is 2.65 bits per heavy atom. The van der Waals surface area contributed by atoms with E-state index < -0.39 is 0 Å². The zero-order valence-electron chi connectivity index (χ0n) is 11.3. The lowest BCUT2D eigenvalue weighted by atomic mass is 10.0. The maximum absolute atomic E-state index is 6.18. The Bertz CT molecular complexity index is 322. The van der Waals surface area contributed by atoms with Gasteiger partial charge in [-0.05, 0) is 38.0 Å². The van der Waals surface area contributed by atoms with Gasteiger partial charge in [-0.3, -0.25) is 0 Å². The van der Waals surface area contributed by atoms with Crippen LogP contribution in [0.25, 0.3) is 0 Å². The van der Waals surface area contributed by atoms with E-state index in [1.807, 2.05) is 26.0 Å². The van der Waals surface area contributed by atoms with Gasteiger partial charge in [0.05, 0.1) is 6.10 Å². The van der Waals surface area contributed by atoms with Crippen molar-refractivity contribution in [3.8, 4) is 5.75 Å². The largest absolute Gasteiger partial charge is 0.491 e. The first-order chi connectivity index (χ1) is 8.13. The molecule has 0 saturated heterocycles. The van der Waals surface area contributed by atoms with Crippen molar-refractivity contribution in [1.29, 1.82) is 0 Å². The van der Waals surface area contributed by atoms with Crippen molar-refractivity contribution in [2.75, 3.05) is 0 Å². The minimum absolute atomic E-state index is 0.136. The summed E-state index contributed by atoms with van der Waals surface area (Å²) in [4.78, 5) is 0. The van der Waals surface area contributed by atoms with Crippen LogP contribution in [0.3, 0.4) is 0 Å². The van der Waals surface area contributed by atoms with Crippen molar-refractivity contribution in [3.63, 3.8) is 0 Å². The molecule has 1 aromatic rings. The van der Waals surface area contributed by atoms with E-state index in [1.54, 1.807) is 0 Å². The highest BCUT2D eigenvalue weighted by Gasteiger charge is 2.07. The molecule has 0 spiro atoms. The highest BCUT2D eigenvalue weighted by Crippen LogP contribution is 2.22. The second kappa shape index (κ2) is 7.33. The van der Waals surface area contributed by atoms with Gasteiger partial charge in [-0.2, -0.15) is 0 Å². The molecule has 0 aliphatic heterocycles. The quantitative estimate of drug-likeness (QED) is 0.723. The average molecular weight is 235 g/mol. The van der Waals surface area contributed by atoms with E-state index in [9.17, 15) is 0 Å². The fraction of sp³-hybridized carbons (Fsp3) is 0.600. The van der Waals surface area contributed by atoms with Crippen molar-refractivity contribution in [2.24, 2.45) is 5.73 Å². The minimum atomic E-state index is 0.136. The van der Waals surface area contributed by atoms with Crippen LogP contribution in [0.5, 0.6) is 5.75 Å². The third-order valence-corrected chi connectivity index (χ3v) is 2.78. The van der Waals surface area contributed by atoms with Crippen LogP contribution in [-0.2, 0) is 0 Å². The van der Waals surface area contributed by atoms with Crippen LogP contribution >= 0.6 is 0 Å². The lowest BCUT2D eigenvalue weighted by molar-refractivity contribution is 0.242. The van der Waals surface area contributed by atoms with Crippen molar-refractivity contribution in [1.82, 2.24) is 0 Å². The minimum Gasteiger partial charge on any atom is -0.491 e. The van der Waals surface area contributed by atoms with Crippen LogP contribution in [-0.4, -0.2) is 6.10 Å². The van der Waals surface area contributed by atoms with E-state index in [-0.39, 0.29) is 12.1 Å². The number of benzene rings is 1. The molecule has 0 fully saturated rings. The third-order valence-electron chi connectivity index (χ3n) is 2.78. The summed E-state index contributed by atoms with van der Waals surface area (Å²) >= 11 is 0. The molecule has 1 atom stereocenters. The van der Waals surface area contributed by atoms with Crippen LogP contribution in [0.4, 0.5) is 0 Å². The van der Waals surface area contributed by atoms with Gasteiger partial charge >= 0.3 is 0 Å². The molecular formula is C15H25NO. The lowest BCUT2D eigenvalue weighted by Gasteiger charge is -2.15. The summed E-state index contributed by atoms with van der Waals surface area (Å²) in [6.45, 7) is 6.28. The molecule has 96 valence electrons. The molecule has 0 heterocycles. The molecule has 0 aliphatic carbocycles. The van der Waals surface area contributed by atoms with Gasteiger partial charge in [-0.15, -0.1) is 0 Å². The fourth-order valence-corrected chi connectivity index (χ4v) is 1.87. The first-order valence-electron chi connectivity index (χ1n) is 6.65.